The van der Waals surface area contributed by atoms with Gasteiger partial charge in [0.1, 0.15) is 5.75 Å². The summed E-state index contributed by atoms with van der Waals surface area (Å²) < 4.78 is 4.92. The lowest BCUT2D eigenvalue weighted by Gasteiger charge is -2.00. The van der Waals surface area contributed by atoms with E-state index in [4.69, 9.17) is 10.5 Å². The second kappa shape index (κ2) is 3.83. The van der Waals surface area contributed by atoms with Crippen LogP contribution in [0.2, 0.25) is 0 Å². The molecule has 1 aromatic carbocycles. The molecule has 0 aliphatic heterocycles. The third-order valence-corrected chi connectivity index (χ3v) is 1.14. The van der Waals surface area contributed by atoms with Crippen LogP contribution in [-0.2, 0) is 0 Å². The number of benzene rings is 1. The quantitative estimate of drug-likeness (QED) is 0.439. The number of anilines is 1. The van der Waals surface area contributed by atoms with E-state index in [2.05, 4.69) is 0 Å². The van der Waals surface area contributed by atoms with Gasteiger partial charge in [-0.3, -0.25) is 0 Å². The van der Waals surface area contributed by atoms with Crippen LogP contribution in [0.15, 0.2) is 24.3 Å². The zero-order valence-corrected chi connectivity index (χ0v) is 5.29. The Hall–Kier alpha value is -1.12. The Balaban J connectivity index is 0.000000810. The molecular formula is C7H12BNO. The summed E-state index contributed by atoms with van der Waals surface area (Å²) in [5.41, 5.74) is 6.19. The molecule has 2 nitrogen and oxygen atoms in total. The number of hydrogen-bond acceptors (Lipinski definition) is 2. The Morgan fingerprint density at radius 1 is 1.30 bits per heavy atom. The first-order valence-corrected chi connectivity index (χ1v) is 2.73. The van der Waals surface area contributed by atoms with E-state index >= 15 is 0 Å². The zero-order chi connectivity index (χ0) is 6.69. The number of nitrogens with two attached hydrogens (primary N) is 1. The summed E-state index contributed by atoms with van der Waals surface area (Å²) in [4.78, 5) is 0. The summed E-state index contributed by atoms with van der Waals surface area (Å²) in [6.07, 6.45) is 0. The second-order valence-electron chi connectivity index (χ2n) is 1.74. The van der Waals surface area contributed by atoms with E-state index in [9.17, 15) is 0 Å². The first kappa shape index (κ1) is 8.88. The molecule has 10 heavy (non-hydrogen) atoms. The molecule has 0 aromatic heterocycles. The molecule has 0 aliphatic rings. The predicted molar refractivity (Wildman–Crippen MR) is 47.3 cm³/mol. The molecule has 1 rings (SSSR count). The van der Waals surface area contributed by atoms with Crippen LogP contribution in [0.3, 0.4) is 0 Å². The van der Waals surface area contributed by atoms with Crippen LogP contribution < -0.4 is 10.5 Å². The Bertz CT molecular complexity index is 203. The Morgan fingerprint density at radius 3 is 2.30 bits per heavy atom. The van der Waals surface area contributed by atoms with Gasteiger partial charge in [0.15, 0.2) is 0 Å². The van der Waals surface area contributed by atoms with Gasteiger partial charge in [0, 0.05) is 0 Å². The first-order chi connectivity index (χ1) is 4.34. The molecule has 0 fully saturated rings. The van der Waals surface area contributed by atoms with Crippen molar-refractivity contribution in [2.24, 2.45) is 0 Å². The van der Waals surface area contributed by atoms with Crippen LogP contribution in [0.4, 0.5) is 5.69 Å². The topological polar surface area (TPSA) is 35.2 Å². The molecule has 0 bridgehead atoms. The maximum atomic E-state index is 5.51. The van der Waals surface area contributed by atoms with Gasteiger partial charge in [0.05, 0.1) is 21.2 Å². The lowest BCUT2D eigenvalue weighted by molar-refractivity contribution is 0.417. The van der Waals surface area contributed by atoms with Crippen LogP contribution in [-0.4, -0.2) is 15.5 Å². The van der Waals surface area contributed by atoms with E-state index in [-0.39, 0.29) is 8.41 Å². The molecule has 0 heterocycles. The van der Waals surface area contributed by atoms with Crippen molar-refractivity contribution < 1.29 is 4.74 Å². The van der Waals surface area contributed by atoms with Gasteiger partial charge in [-0.05, 0) is 12.1 Å². The maximum Gasteiger partial charge on any atom is 0.141 e. The fourth-order valence-corrected chi connectivity index (χ4v) is 0.666. The molecule has 0 radical (unpaired) electrons. The van der Waals surface area contributed by atoms with Crippen molar-refractivity contribution in [3.8, 4) is 5.75 Å². The molecule has 0 amide bonds. The van der Waals surface area contributed by atoms with E-state index in [0.29, 0.717) is 5.69 Å². The van der Waals surface area contributed by atoms with Gasteiger partial charge in [-0.15, -0.1) is 0 Å². The van der Waals surface area contributed by atoms with E-state index in [1.165, 1.54) is 0 Å². The number of ether oxygens (including phenoxy) is 1. The Kier molecular flexibility index (Phi) is 3.40. The molecule has 0 unspecified atom stereocenters. The smallest absolute Gasteiger partial charge is 0.141 e. The van der Waals surface area contributed by atoms with Crippen molar-refractivity contribution >= 4 is 14.1 Å². The third kappa shape index (κ3) is 1.69. The largest absolute Gasteiger partial charge is 0.495 e. The molecule has 0 atom stereocenters. The minimum atomic E-state index is 0. The fourth-order valence-electron chi connectivity index (χ4n) is 0.666. The predicted octanol–water partition coefficient (Wildman–Crippen LogP) is 0.0935. The van der Waals surface area contributed by atoms with E-state index in [0.717, 1.165) is 5.75 Å². The van der Waals surface area contributed by atoms with Gasteiger partial charge in [0.25, 0.3) is 0 Å². The standard InChI is InChI=1S/C7H9NO.BH3/c1-9-7-5-3-2-4-6(7)8;/h2-5H,8H2,1H3;1H3. The summed E-state index contributed by atoms with van der Waals surface area (Å²) >= 11 is 0. The molecule has 3 heteroatoms. The molecule has 2 N–H and O–H groups in total. The van der Waals surface area contributed by atoms with Crippen LogP contribution in [0.1, 0.15) is 0 Å². The number of hydrogen-bond donors (Lipinski definition) is 1. The molecule has 0 saturated carbocycles. The average Bonchev–Trinajstić information content (AvgIpc) is 1.89. The van der Waals surface area contributed by atoms with Gasteiger partial charge in [-0.1, -0.05) is 12.1 Å². The van der Waals surface area contributed by atoms with Crippen LogP contribution in [0.5, 0.6) is 5.75 Å². The molecule has 0 saturated heterocycles. The van der Waals surface area contributed by atoms with Crippen LogP contribution >= 0.6 is 0 Å². The summed E-state index contributed by atoms with van der Waals surface area (Å²) in [6, 6.07) is 7.39. The highest BCUT2D eigenvalue weighted by Crippen LogP contribution is 2.18. The lowest BCUT2D eigenvalue weighted by Crippen LogP contribution is -1.89. The molecule has 0 spiro atoms. The maximum absolute atomic E-state index is 5.51. The highest BCUT2D eigenvalue weighted by Gasteiger charge is 1.91. The highest BCUT2D eigenvalue weighted by molar-refractivity contribution is 5.75. The van der Waals surface area contributed by atoms with Crippen molar-refractivity contribution in [3.05, 3.63) is 24.3 Å². The monoisotopic (exact) mass is 137 g/mol. The van der Waals surface area contributed by atoms with Gasteiger partial charge in [0.2, 0.25) is 0 Å². The van der Waals surface area contributed by atoms with Crippen molar-refractivity contribution in [1.82, 2.24) is 0 Å². The SMILES string of the molecule is B.COc1ccccc1N. The minimum Gasteiger partial charge on any atom is -0.495 e. The number of rotatable bonds is 1. The number of nitrogen functional groups attached to an aromatic ring is 1. The lowest BCUT2D eigenvalue weighted by atomic mass is 10.3. The van der Waals surface area contributed by atoms with Gasteiger partial charge in [-0.25, -0.2) is 0 Å². The van der Waals surface area contributed by atoms with Crippen molar-refractivity contribution in [2.75, 3.05) is 12.8 Å². The van der Waals surface area contributed by atoms with E-state index in [1.54, 1.807) is 13.2 Å². The molecule has 54 valence electrons. The van der Waals surface area contributed by atoms with Gasteiger partial charge in [-0.2, -0.15) is 0 Å². The van der Waals surface area contributed by atoms with Crippen molar-refractivity contribution in [1.29, 1.82) is 0 Å². The minimum absolute atomic E-state index is 0. The van der Waals surface area contributed by atoms with E-state index in [1.807, 2.05) is 18.2 Å². The average molecular weight is 137 g/mol. The normalized spacial score (nSPS) is 8.10. The van der Waals surface area contributed by atoms with Crippen LogP contribution in [0.25, 0.3) is 0 Å². The first-order valence-electron chi connectivity index (χ1n) is 2.73. The summed E-state index contributed by atoms with van der Waals surface area (Å²) in [5, 5.41) is 0. The van der Waals surface area contributed by atoms with Gasteiger partial charge < -0.3 is 10.5 Å². The van der Waals surface area contributed by atoms with Crippen molar-refractivity contribution in [2.45, 2.75) is 0 Å². The second-order valence-corrected chi connectivity index (χ2v) is 1.74. The molecule has 0 aliphatic carbocycles. The van der Waals surface area contributed by atoms with Gasteiger partial charge >= 0.3 is 0 Å². The summed E-state index contributed by atoms with van der Waals surface area (Å²) in [6.45, 7) is 0. The van der Waals surface area contributed by atoms with Crippen molar-refractivity contribution in [3.63, 3.8) is 0 Å². The summed E-state index contributed by atoms with van der Waals surface area (Å²) in [5.74, 6) is 0.734. The Labute approximate surface area is 62.6 Å². The highest BCUT2D eigenvalue weighted by atomic mass is 16.5. The Morgan fingerprint density at radius 2 is 1.90 bits per heavy atom. The molecular weight excluding hydrogens is 125 g/mol. The van der Waals surface area contributed by atoms with E-state index < -0.39 is 0 Å². The third-order valence-electron chi connectivity index (χ3n) is 1.14. The number of methoxy groups -OCH3 is 1. The summed E-state index contributed by atoms with van der Waals surface area (Å²) in [7, 11) is 1.60. The van der Waals surface area contributed by atoms with Crippen LogP contribution in [0, 0.1) is 0 Å². The zero-order valence-electron chi connectivity index (χ0n) is 5.29. The number of para-hydroxylation sites is 2. The fraction of sp³-hybridized carbons (Fsp3) is 0.143. The molecule has 1 aromatic rings.